The molecule has 6 nitrogen and oxygen atoms in total. The molecular weight excluding hydrogens is 507 g/mol. The van der Waals surface area contributed by atoms with Crippen molar-refractivity contribution in [3.8, 4) is 0 Å². The van der Waals surface area contributed by atoms with Crippen LogP contribution in [0.25, 0.3) is 0 Å². The lowest BCUT2D eigenvalue weighted by Crippen LogP contribution is -2.33. The predicted molar refractivity (Wildman–Crippen MR) is 146 cm³/mol. The molecule has 4 aromatic rings. The van der Waals surface area contributed by atoms with E-state index in [-0.39, 0.29) is 11.7 Å². The molecule has 0 radical (unpaired) electrons. The molecule has 0 fully saturated rings. The van der Waals surface area contributed by atoms with Crippen molar-refractivity contribution in [2.24, 2.45) is 0 Å². The van der Waals surface area contributed by atoms with Gasteiger partial charge in [-0.05, 0) is 42.3 Å². The summed E-state index contributed by atoms with van der Waals surface area (Å²) in [6.07, 6.45) is 6.11. The van der Waals surface area contributed by atoms with Crippen LogP contribution in [0.5, 0.6) is 0 Å². The maximum absolute atomic E-state index is 14.0. The highest BCUT2D eigenvalue weighted by Gasteiger charge is 2.44. The zero-order valence-corrected chi connectivity index (χ0v) is 21.4. The van der Waals surface area contributed by atoms with Crippen LogP contribution in [-0.4, -0.2) is 27.8 Å². The Kier molecular flexibility index (Phi) is 7.40. The number of hydrogen-bond donors (Lipinski definition) is 1. The number of nitrogens with zero attached hydrogens (tertiary/aromatic N) is 3. The number of amides is 1. The molecule has 1 aliphatic heterocycles. The summed E-state index contributed by atoms with van der Waals surface area (Å²) in [6.45, 7) is 1.23. The van der Waals surface area contributed by atoms with Crippen LogP contribution in [0.4, 0.5) is 5.69 Å². The summed E-state index contributed by atoms with van der Waals surface area (Å²) >= 11 is 12.5. The van der Waals surface area contributed by atoms with E-state index in [0.29, 0.717) is 39.1 Å². The molecule has 5 rings (SSSR count). The summed E-state index contributed by atoms with van der Waals surface area (Å²) < 4.78 is 1.97. The molecule has 0 saturated heterocycles. The highest BCUT2D eigenvalue weighted by molar-refractivity contribution is 6.31. The number of halogens is 2. The molecule has 1 N–H and O–H groups in total. The third-order valence-electron chi connectivity index (χ3n) is 6.24. The molecule has 1 aromatic heterocycles. The predicted octanol–water partition coefficient (Wildman–Crippen LogP) is 6.09. The first-order valence-electron chi connectivity index (χ1n) is 11.9. The number of rotatable bonds is 9. The number of aryl methyl sites for hydroxylation is 1. The number of aromatic nitrogens is 2. The van der Waals surface area contributed by atoms with Crippen LogP contribution < -0.4 is 10.2 Å². The molecule has 0 saturated carbocycles. The first-order valence-corrected chi connectivity index (χ1v) is 12.7. The second kappa shape index (κ2) is 11.0. The Hall–Kier alpha value is -3.87. The van der Waals surface area contributed by atoms with Gasteiger partial charge in [0.15, 0.2) is 5.78 Å². The van der Waals surface area contributed by atoms with E-state index in [1.165, 1.54) is 0 Å². The van der Waals surface area contributed by atoms with Crippen molar-refractivity contribution in [3.05, 3.63) is 130 Å². The summed E-state index contributed by atoms with van der Waals surface area (Å²) in [6, 6.07) is 22.7. The van der Waals surface area contributed by atoms with Gasteiger partial charge >= 0.3 is 0 Å². The van der Waals surface area contributed by atoms with Crippen LogP contribution in [0.1, 0.15) is 28.4 Å². The minimum Gasteiger partial charge on any atom is -0.380 e. The summed E-state index contributed by atoms with van der Waals surface area (Å²) in [4.78, 5) is 33.7. The Morgan fingerprint density at radius 3 is 2.43 bits per heavy atom. The lowest BCUT2D eigenvalue weighted by molar-refractivity contribution is -0.115. The number of carbonyl (C=O) groups is 2. The van der Waals surface area contributed by atoms with Crippen molar-refractivity contribution in [1.29, 1.82) is 0 Å². The van der Waals surface area contributed by atoms with Gasteiger partial charge in [0.05, 0.1) is 17.9 Å². The van der Waals surface area contributed by atoms with Gasteiger partial charge in [0.2, 0.25) is 0 Å². The van der Waals surface area contributed by atoms with Crippen molar-refractivity contribution in [3.63, 3.8) is 0 Å². The average molecular weight is 531 g/mol. The van der Waals surface area contributed by atoms with Crippen molar-refractivity contribution in [1.82, 2.24) is 14.9 Å². The van der Waals surface area contributed by atoms with Gasteiger partial charge < -0.3 is 9.88 Å². The van der Waals surface area contributed by atoms with Gasteiger partial charge in [0, 0.05) is 46.8 Å². The normalized spacial score (nSPS) is 15.4. The Balaban J connectivity index is 1.58. The molecule has 0 spiro atoms. The fraction of sp³-hybridized carbons (Fsp3) is 0.138. The number of carbonyl (C=O) groups excluding carboxylic acids is 2. The molecule has 0 aliphatic carbocycles. The van der Waals surface area contributed by atoms with E-state index in [9.17, 15) is 9.59 Å². The van der Waals surface area contributed by atoms with Crippen LogP contribution in [0.3, 0.4) is 0 Å². The van der Waals surface area contributed by atoms with Crippen molar-refractivity contribution >= 4 is 40.6 Å². The summed E-state index contributed by atoms with van der Waals surface area (Å²) in [5.74, 6) is -0.500. The molecule has 1 amide bonds. The number of hydrogen-bond acceptors (Lipinski definition) is 4. The van der Waals surface area contributed by atoms with E-state index in [1.54, 1.807) is 59.9 Å². The van der Waals surface area contributed by atoms with Gasteiger partial charge in [0.25, 0.3) is 5.91 Å². The zero-order valence-electron chi connectivity index (χ0n) is 19.9. The van der Waals surface area contributed by atoms with Gasteiger partial charge in [-0.1, -0.05) is 71.7 Å². The van der Waals surface area contributed by atoms with E-state index in [0.717, 1.165) is 18.5 Å². The molecule has 1 aliphatic rings. The number of benzene rings is 3. The molecule has 37 heavy (non-hydrogen) atoms. The van der Waals surface area contributed by atoms with Crippen LogP contribution in [-0.2, 0) is 11.3 Å². The average Bonchev–Trinajstić information content (AvgIpc) is 3.53. The summed E-state index contributed by atoms with van der Waals surface area (Å²) in [5, 5.41) is 4.36. The van der Waals surface area contributed by atoms with E-state index >= 15 is 0 Å². The van der Waals surface area contributed by atoms with E-state index < -0.39 is 6.04 Å². The number of ketones is 1. The third-order valence-corrected chi connectivity index (χ3v) is 6.73. The first-order chi connectivity index (χ1) is 18.0. The highest BCUT2D eigenvalue weighted by Crippen LogP contribution is 2.42. The van der Waals surface area contributed by atoms with E-state index in [2.05, 4.69) is 10.3 Å². The molecular formula is C29H24Cl2N4O2. The van der Waals surface area contributed by atoms with Crippen LogP contribution >= 0.6 is 23.2 Å². The smallest absolute Gasteiger partial charge is 0.275 e. The van der Waals surface area contributed by atoms with Crippen molar-refractivity contribution in [2.75, 3.05) is 11.4 Å². The second-order valence-electron chi connectivity index (χ2n) is 8.67. The molecule has 8 heteroatoms. The second-order valence-corrected chi connectivity index (χ2v) is 9.55. The Morgan fingerprint density at radius 2 is 1.73 bits per heavy atom. The fourth-order valence-corrected chi connectivity index (χ4v) is 4.83. The van der Waals surface area contributed by atoms with Gasteiger partial charge in [-0.15, -0.1) is 0 Å². The standard InChI is InChI=1S/C29H24Cl2N4O2/c30-22-12-10-20(11-13-22)27-25(28(36)21-6-2-1-3-7-21)26(33-14-5-16-34-17-15-32-19-34)29(37)35(27)24-9-4-8-23(31)18-24/h1-4,6-13,15,17-19,27,33H,5,14,16H2. The Labute approximate surface area is 225 Å². The molecule has 186 valence electrons. The monoisotopic (exact) mass is 530 g/mol. The molecule has 2 heterocycles. The maximum Gasteiger partial charge on any atom is 0.275 e. The van der Waals surface area contributed by atoms with Crippen molar-refractivity contribution in [2.45, 2.75) is 19.0 Å². The molecule has 0 bridgehead atoms. The highest BCUT2D eigenvalue weighted by atomic mass is 35.5. The SMILES string of the molecule is O=C(C1=C(NCCCn2ccnc2)C(=O)N(c2cccc(Cl)c2)C1c1ccc(Cl)cc1)c1ccccc1. The number of anilines is 1. The van der Waals surface area contributed by atoms with E-state index in [4.69, 9.17) is 23.2 Å². The third kappa shape index (κ3) is 5.31. The molecule has 1 atom stereocenters. The molecule has 3 aromatic carbocycles. The largest absolute Gasteiger partial charge is 0.380 e. The maximum atomic E-state index is 14.0. The minimum atomic E-state index is -0.660. The minimum absolute atomic E-state index is 0.212. The number of Topliss-reactive ketones (excluding diaryl/α,β-unsaturated/α-hetero) is 1. The number of nitrogens with one attached hydrogen (secondary N) is 1. The molecule has 1 unspecified atom stereocenters. The van der Waals surface area contributed by atoms with Gasteiger partial charge in [0.1, 0.15) is 5.70 Å². The lowest BCUT2D eigenvalue weighted by atomic mass is 9.92. The van der Waals surface area contributed by atoms with Crippen molar-refractivity contribution < 1.29 is 9.59 Å². The first kappa shape index (κ1) is 24.8. The topological polar surface area (TPSA) is 67.2 Å². The fourth-order valence-electron chi connectivity index (χ4n) is 4.52. The van der Waals surface area contributed by atoms with Crippen LogP contribution in [0.2, 0.25) is 10.0 Å². The quantitative estimate of drug-likeness (QED) is 0.210. The number of imidazole rings is 1. The lowest BCUT2D eigenvalue weighted by Gasteiger charge is -2.27. The summed E-state index contributed by atoms with van der Waals surface area (Å²) in [5.41, 5.74) is 2.56. The van der Waals surface area contributed by atoms with Gasteiger partial charge in [-0.25, -0.2) is 4.98 Å². The zero-order chi connectivity index (χ0) is 25.8. The van der Waals surface area contributed by atoms with E-state index in [1.807, 2.05) is 47.2 Å². The van der Waals surface area contributed by atoms with Crippen LogP contribution in [0.15, 0.2) is 109 Å². The summed E-state index contributed by atoms with van der Waals surface area (Å²) in [7, 11) is 0. The van der Waals surface area contributed by atoms with Gasteiger partial charge in [-0.2, -0.15) is 0 Å². The van der Waals surface area contributed by atoms with Gasteiger partial charge in [-0.3, -0.25) is 14.5 Å². The Morgan fingerprint density at radius 1 is 0.946 bits per heavy atom. The van der Waals surface area contributed by atoms with Crippen LogP contribution in [0, 0.1) is 0 Å². The Bertz CT molecular complexity index is 1430.